The molecule has 0 saturated heterocycles. The number of aromatic amines is 1. The van der Waals surface area contributed by atoms with E-state index in [1.165, 1.54) is 12.1 Å². The number of benzene rings is 2. The van der Waals surface area contributed by atoms with Crippen LogP contribution in [0.2, 0.25) is 0 Å². The number of phenolic OH excluding ortho intramolecular Hbond substituents is 2. The fourth-order valence-electron chi connectivity index (χ4n) is 2.91. The highest BCUT2D eigenvalue weighted by atomic mass is 16.3. The number of nitrogens with zero attached hydrogens (tertiary/aromatic N) is 1. The van der Waals surface area contributed by atoms with Gasteiger partial charge in [0.05, 0.1) is 16.3 Å². The van der Waals surface area contributed by atoms with Crippen molar-refractivity contribution in [3.63, 3.8) is 0 Å². The highest BCUT2D eigenvalue weighted by Crippen LogP contribution is 2.24. The van der Waals surface area contributed by atoms with Gasteiger partial charge in [-0.3, -0.25) is 9.89 Å². The predicted molar refractivity (Wildman–Crippen MR) is 103 cm³/mol. The Morgan fingerprint density at radius 2 is 1.81 bits per heavy atom. The molecule has 0 aliphatic carbocycles. The Balaban J connectivity index is 2.34. The average Bonchev–Trinajstić information content (AvgIpc) is 2.91. The van der Waals surface area contributed by atoms with Crippen LogP contribution in [0.3, 0.4) is 0 Å². The lowest BCUT2D eigenvalue weighted by atomic mass is 10.1. The number of phenols is 2. The van der Waals surface area contributed by atoms with Crippen LogP contribution in [-0.4, -0.2) is 20.0 Å². The van der Waals surface area contributed by atoms with Gasteiger partial charge in [-0.25, -0.2) is 4.68 Å². The van der Waals surface area contributed by atoms with E-state index in [4.69, 9.17) is 0 Å². The third-order valence-corrected chi connectivity index (χ3v) is 4.55. The normalized spacial score (nSPS) is 11.8. The van der Waals surface area contributed by atoms with Crippen LogP contribution in [0.1, 0.15) is 30.5 Å². The van der Waals surface area contributed by atoms with Gasteiger partial charge in [-0.1, -0.05) is 23.8 Å². The summed E-state index contributed by atoms with van der Waals surface area (Å²) in [6.07, 6.45) is 1.71. The fourth-order valence-corrected chi connectivity index (χ4v) is 2.91. The van der Waals surface area contributed by atoms with Crippen LogP contribution in [0.25, 0.3) is 17.3 Å². The summed E-state index contributed by atoms with van der Waals surface area (Å²) < 4.78 is 1.55. The van der Waals surface area contributed by atoms with Gasteiger partial charge in [-0.2, -0.15) is 0 Å². The van der Waals surface area contributed by atoms with E-state index >= 15 is 0 Å². The molecule has 1 aromatic heterocycles. The lowest BCUT2D eigenvalue weighted by Gasteiger charge is -2.08. The molecular formula is C21H22N2O3. The molecule has 3 N–H and O–H groups in total. The first-order valence-corrected chi connectivity index (χ1v) is 8.38. The Morgan fingerprint density at radius 1 is 1.08 bits per heavy atom. The van der Waals surface area contributed by atoms with E-state index < -0.39 is 0 Å². The van der Waals surface area contributed by atoms with Crippen molar-refractivity contribution in [1.29, 1.82) is 0 Å². The Hall–Kier alpha value is -3.21. The third kappa shape index (κ3) is 3.04. The van der Waals surface area contributed by atoms with E-state index in [-0.39, 0.29) is 17.1 Å². The molecule has 134 valence electrons. The lowest BCUT2D eigenvalue weighted by molar-refractivity contribution is 0.403. The second-order valence-corrected chi connectivity index (χ2v) is 6.65. The van der Waals surface area contributed by atoms with Gasteiger partial charge >= 0.3 is 0 Å². The van der Waals surface area contributed by atoms with Crippen LogP contribution < -0.4 is 16.1 Å². The molecule has 0 radical (unpaired) electrons. The second-order valence-electron chi connectivity index (χ2n) is 6.65. The molecule has 0 bridgehead atoms. The zero-order valence-electron chi connectivity index (χ0n) is 15.3. The molecule has 0 aliphatic rings. The standard InChI is InChI=1S/C21H22N2O3/c1-12(2)20-16(10-15-8-9-18(24)19(25)11-15)21(26)23(22-20)17-7-5-6-13(3)14(17)4/h5-11,22,24-25H,1-4H3. The van der Waals surface area contributed by atoms with Crippen LogP contribution in [0.4, 0.5) is 0 Å². The Labute approximate surface area is 151 Å². The maximum Gasteiger partial charge on any atom is 0.279 e. The molecule has 5 heteroatoms. The number of H-pyrrole nitrogens is 1. The molecule has 1 heterocycles. The molecule has 2 aromatic carbocycles. The minimum Gasteiger partial charge on any atom is -0.504 e. The number of aromatic hydroxyl groups is 2. The van der Waals surface area contributed by atoms with Gasteiger partial charge in [-0.15, -0.1) is 0 Å². The topological polar surface area (TPSA) is 78.2 Å². The van der Waals surface area contributed by atoms with Crippen LogP contribution in [-0.2, 0) is 0 Å². The van der Waals surface area contributed by atoms with Gasteiger partial charge in [-0.05, 0) is 68.7 Å². The molecule has 0 fully saturated rings. The van der Waals surface area contributed by atoms with Gasteiger partial charge in [0, 0.05) is 0 Å². The van der Waals surface area contributed by atoms with E-state index in [0.717, 1.165) is 27.7 Å². The molecule has 0 spiro atoms. The summed E-state index contributed by atoms with van der Waals surface area (Å²) in [6.45, 7) is 7.87. The van der Waals surface area contributed by atoms with Gasteiger partial charge in [0.1, 0.15) is 0 Å². The van der Waals surface area contributed by atoms with E-state index in [1.807, 2.05) is 45.9 Å². The predicted octanol–water partition coefficient (Wildman–Crippen LogP) is 2.21. The second kappa shape index (κ2) is 6.59. The number of nitrogens with one attached hydrogen (secondary N) is 1. The maximum atomic E-state index is 13.1. The van der Waals surface area contributed by atoms with Crippen LogP contribution in [0.5, 0.6) is 11.5 Å². The zero-order valence-corrected chi connectivity index (χ0v) is 15.3. The van der Waals surface area contributed by atoms with E-state index in [1.54, 1.807) is 16.8 Å². The molecule has 5 nitrogen and oxygen atoms in total. The van der Waals surface area contributed by atoms with E-state index in [2.05, 4.69) is 5.10 Å². The molecule has 3 rings (SSSR count). The van der Waals surface area contributed by atoms with Crippen molar-refractivity contribution in [2.45, 2.75) is 27.7 Å². The smallest absolute Gasteiger partial charge is 0.279 e. The quantitative estimate of drug-likeness (QED) is 0.620. The largest absolute Gasteiger partial charge is 0.504 e. The molecule has 0 aliphatic heterocycles. The van der Waals surface area contributed by atoms with Crippen molar-refractivity contribution in [3.8, 4) is 17.2 Å². The van der Waals surface area contributed by atoms with Crippen LogP contribution in [0.15, 0.2) is 41.2 Å². The number of hydrogen-bond donors (Lipinski definition) is 3. The summed E-state index contributed by atoms with van der Waals surface area (Å²) in [4.78, 5) is 13.1. The molecule has 26 heavy (non-hydrogen) atoms. The fraction of sp³-hybridized carbons (Fsp3) is 0.190. The van der Waals surface area contributed by atoms with E-state index in [0.29, 0.717) is 10.8 Å². The molecule has 3 aromatic rings. The van der Waals surface area contributed by atoms with E-state index in [9.17, 15) is 15.0 Å². The van der Waals surface area contributed by atoms with Gasteiger partial charge in [0.25, 0.3) is 5.56 Å². The SMILES string of the molecule is CC(C)=c1[nH]n(-c2cccc(C)c2C)c(=O)c1=Cc1ccc(O)c(O)c1. The number of rotatable bonds is 2. The number of aryl methyl sites for hydroxylation is 1. The Morgan fingerprint density at radius 3 is 2.46 bits per heavy atom. The van der Waals surface area contributed by atoms with Crippen molar-refractivity contribution in [1.82, 2.24) is 9.78 Å². The highest BCUT2D eigenvalue weighted by Gasteiger charge is 2.10. The molecule has 0 amide bonds. The minimum atomic E-state index is -0.220. The summed E-state index contributed by atoms with van der Waals surface area (Å²) in [5, 5.41) is 23.6. The summed E-state index contributed by atoms with van der Waals surface area (Å²) in [7, 11) is 0. The average molecular weight is 350 g/mol. The molecule has 0 atom stereocenters. The lowest BCUT2D eigenvalue weighted by Crippen LogP contribution is -2.35. The summed E-state index contributed by atoms with van der Waals surface area (Å²) in [6, 6.07) is 10.3. The van der Waals surface area contributed by atoms with Crippen molar-refractivity contribution >= 4 is 11.6 Å². The van der Waals surface area contributed by atoms with Gasteiger partial charge < -0.3 is 10.2 Å². The summed E-state index contributed by atoms with van der Waals surface area (Å²) in [5.41, 5.74) is 4.39. The number of hydrogen-bond acceptors (Lipinski definition) is 3. The third-order valence-electron chi connectivity index (χ3n) is 4.55. The summed E-state index contributed by atoms with van der Waals surface area (Å²) in [5.74, 6) is -0.412. The van der Waals surface area contributed by atoms with Gasteiger partial charge in [0.15, 0.2) is 11.5 Å². The van der Waals surface area contributed by atoms with Gasteiger partial charge in [0.2, 0.25) is 0 Å². The first-order valence-electron chi connectivity index (χ1n) is 8.38. The van der Waals surface area contributed by atoms with Crippen molar-refractivity contribution in [2.24, 2.45) is 0 Å². The maximum absolute atomic E-state index is 13.1. The molecule has 0 saturated carbocycles. The summed E-state index contributed by atoms with van der Waals surface area (Å²) >= 11 is 0. The molecular weight excluding hydrogens is 328 g/mol. The van der Waals surface area contributed by atoms with Crippen molar-refractivity contribution in [2.75, 3.05) is 0 Å². The van der Waals surface area contributed by atoms with Crippen LogP contribution in [0, 0.1) is 13.8 Å². The number of aromatic nitrogens is 2. The Bertz CT molecular complexity index is 1160. The Kier molecular flexibility index (Phi) is 4.47. The highest BCUT2D eigenvalue weighted by molar-refractivity contribution is 5.56. The minimum absolute atomic E-state index is 0.164. The van der Waals surface area contributed by atoms with Crippen molar-refractivity contribution < 1.29 is 10.2 Å². The van der Waals surface area contributed by atoms with Crippen LogP contribution >= 0.6 is 0 Å². The first kappa shape index (κ1) is 17.6. The monoisotopic (exact) mass is 350 g/mol. The zero-order chi connectivity index (χ0) is 19.0. The first-order chi connectivity index (χ1) is 12.3. The molecule has 0 unspecified atom stereocenters. The van der Waals surface area contributed by atoms with Crippen molar-refractivity contribution in [3.05, 3.63) is 74.0 Å².